The quantitative estimate of drug-likeness (QED) is 0.704. The molecule has 0 aromatic carbocycles. The number of hydrogen-bond acceptors (Lipinski definition) is 3. The molecule has 2 heterocycles. The maximum absolute atomic E-state index is 3.51. The van der Waals surface area contributed by atoms with Crippen LogP contribution in [0.25, 0.3) is 0 Å². The van der Waals surface area contributed by atoms with E-state index in [1.165, 1.54) is 45.4 Å². The van der Waals surface area contributed by atoms with Crippen LogP contribution in [-0.2, 0) is 0 Å². The minimum absolute atomic E-state index is 0.675. The number of likely N-dealkylation sites (N-methyl/N-ethyl adjacent to an activating group) is 1. The Morgan fingerprint density at radius 3 is 2.64 bits per heavy atom. The first-order valence-corrected chi connectivity index (χ1v) is 6.10. The van der Waals surface area contributed by atoms with Crippen LogP contribution in [0.1, 0.15) is 26.2 Å². The first-order chi connectivity index (χ1) is 6.92. The molecule has 0 aliphatic carbocycles. The molecule has 1 atom stereocenters. The number of nitrogens with zero attached hydrogens (tertiary/aromatic N) is 2. The molecule has 3 nitrogen and oxygen atoms in total. The molecule has 3 heteroatoms. The predicted octanol–water partition coefficient (Wildman–Crippen LogP) is 0.723. The van der Waals surface area contributed by atoms with Crippen molar-refractivity contribution in [2.24, 2.45) is 0 Å². The SMILES string of the molecule is CCN1CCNCC1N1CCCCC1. The lowest BCUT2D eigenvalue weighted by Crippen LogP contribution is -2.59. The average molecular weight is 197 g/mol. The van der Waals surface area contributed by atoms with E-state index in [2.05, 4.69) is 22.0 Å². The van der Waals surface area contributed by atoms with E-state index in [0.717, 1.165) is 13.1 Å². The summed E-state index contributed by atoms with van der Waals surface area (Å²) < 4.78 is 0. The van der Waals surface area contributed by atoms with Crippen molar-refractivity contribution in [2.45, 2.75) is 32.4 Å². The summed E-state index contributed by atoms with van der Waals surface area (Å²) in [6.45, 7) is 9.64. The highest BCUT2D eigenvalue weighted by atomic mass is 15.4. The molecule has 0 spiro atoms. The van der Waals surface area contributed by atoms with E-state index >= 15 is 0 Å². The van der Waals surface area contributed by atoms with E-state index in [1.807, 2.05) is 0 Å². The van der Waals surface area contributed by atoms with Gasteiger partial charge in [-0.2, -0.15) is 0 Å². The first-order valence-electron chi connectivity index (χ1n) is 6.10. The fourth-order valence-electron chi connectivity index (χ4n) is 2.68. The summed E-state index contributed by atoms with van der Waals surface area (Å²) >= 11 is 0. The topological polar surface area (TPSA) is 18.5 Å². The first kappa shape index (κ1) is 10.4. The average Bonchev–Trinajstić information content (AvgIpc) is 2.30. The van der Waals surface area contributed by atoms with Gasteiger partial charge in [0.15, 0.2) is 0 Å². The summed E-state index contributed by atoms with van der Waals surface area (Å²) in [5.41, 5.74) is 0. The lowest BCUT2D eigenvalue weighted by molar-refractivity contribution is 0.0162. The van der Waals surface area contributed by atoms with Gasteiger partial charge in [-0.05, 0) is 32.5 Å². The van der Waals surface area contributed by atoms with Gasteiger partial charge in [-0.25, -0.2) is 0 Å². The Morgan fingerprint density at radius 2 is 1.93 bits per heavy atom. The van der Waals surface area contributed by atoms with Crippen molar-refractivity contribution >= 4 is 0 Å². The summed E-state index contributed by atoms with van der Waals surface area (Å²) in [5, 5.41) is 3.51. The highest BCUT2D eigenvalue weighted by molar-refractivity contribution is 4.81. The number of hydrogen-bond donors (Lipinski definition) is 1. The van der Waals surface area contributed by atoms with Crippen molar-refractivity contribution in [1.82, 2.24) is 15.1 Å². The molecule has 1 unspecified atom stereocenters. The molecule has 2 fully saturated rings. The van der Waals surface area contributed by atoms with Crippen LogP contribution in [0.15, 0.2) is 0 Å². The maximum Gasteiger partial charge on any atom is 0.0751 e. The summed E-state index contributed by atoms with van der Waals surface area (Å²) in [6.07, 6.45) is 4.90. The summed E-state index contributed by atoms with van der Waals surface area (Å²) in [4.78, 5) is 5.28. The molecule has 1 N–H and O–H groups in total. The fourth-order valence-corrected chi connectivity index (χ4v) is 2.68. The molecular formula is C11H23N3. The zero-order chi connectivity index (χ0) is 9.80. The molecule has 2 rings (SSSR count). The summed E-state index contributed by atoms with van der Waals surface area (Å²) in [6, 6.07) is 0. The Balaban J connectivity index is 1.91. The molecule has 0 amide bonds. The van der Waals surface area contributed by atoms with Gasteiger partial charge in [0.1, 0.15) is 0 Å². The number of nitrogens with one attached hydrogen (secondary N) is 1. The molecular weight excluding hydrogens is 174 g/mol. The highest BCUT2D eigenvalue weighted by Crippen LogP contribution is 2.15. The van der Waals surface area contributed by atoms with Gasteiger partial charge in [0.2, 0.25) is 0 Å². The molecule has 82 valence electrons. The predicted molar refractivity (Wildman–Crippen MR) is 59.3 cm³/mol. The monoisotopic (exact) mass is 197 g/mol. The van der Waals surface area contributed by atoms with Gasteiger partial charge in [0, 0.05) is 19.6 Å². The smallest absolute Gasteiger partial charge is 0.0751 e. The lowest BCUT2D eigenvalue weighted by atomic mass is 10.1. The Kier molecular flexibility index (Phi) is 3.79. The number of likely N-dealkylation sites (tertiary alicyclic amines) is 1. The van der Waals surface area contributed by atoms with Crippen LogP contribution in [0.5, 0.6) is 0 Å². The minimum atomic E-state index is 0.675. The molecule has 2 saturated heterocycles. The second-order valence-electron chi connectivity index (χ2n) is 4.41. The van der Waals surface area contributed by atoms with Crippen LogP contribution in [-0.4, -0.2) is 55.2 Å². The van der Waals surface area contributed by atoms with Crippen LogP contribution < -0.4 is 5.32 Å². The number of piperidine rings is 1. The third-order valence-electron chi connectivity index (χ3n) is 3.54. The second-order valence-corrected chi connectivity index (χ2v) is 4.41. The molecule has 14 heavy (non-hydrogen) atoms. The highest BCUT2D eigenvalue weighted by Gasteiger charge is 2.27. The Morgan fingerprint density at radius 1 is 1.14 bits per heavy atom. The van der Waals surface area contributed by atoms with E-state index in [0.29, 0.717) is 6.17 Å². The van der Waals surface area contributed by atoms with Crippen molar-refractivity contribution in [3.05, 3.63) is 0 Å². The van der Waals surface area contributed by atoms with Crippen molar-refractivity contribution in [3.8, 4) is 0 Å². The van der Waals surface area contributed by atoms with Gasteiger partial charge >= 0.3 is 0 Å². The van der Waals surface area contributed by atoms with Crippen LogP contribution in [0.4, 0.5) is 0 Å². The molecule has 0 aromatic heterocycles. The van der Waals surface area contributed by atoms with E-state index in [4.69, 9.17) is 0 Å². The summed E-state index contributed by atoms with van der Waals surface area (Å²) in [5.74, 6) is 0. The Hall–Kier alpha value is -0.120. The second kappa shape index (κ2) is 5.10. The van der Waals surface area contributed by atoms with E-state index in [9.17, 15) is 0 Å². The van der Waals surface area contributed by atoms with Crippen LogP contribution in [0, 0.1) is 0 Å². The van der Waals surface area contributed by atoms with Gasteiger partial charge in [-0.3, -0.25) is 9.80 Å². The molecule has 0 radical (unpaired) electrons. The third-order valence-corrected chi connectivity index (χ3v) is 3.54. The third kappa shape index (κ3) is 2.27. The normalized spacial score (nSPS) is 31.9. The fraction of sp³-hybridized carbons (Fsp3) is 1.00. The number of rotatable bonds is 2. The lowest BCUT2D eigenvalue weighted by Gasteiger charge is -2.44. The van der Waals surface area contributed by atoms with E-state index < -0.39 is 0 Å². The van der Waals surface area contributed by atoms with Crippen molar-refractivity contribution < 1.29 is 0 Å². The Labute approximate surface area is 87.4 Å². The van der Waals surface area contributed by atoms with Gasteiger partial charge in [0.25, 0.3) is 0 Å². The van der Waals surface area contributed by atoms with Gasteiger partial charge in [0.05, 0.1) is 6.17 Å². The van der Waals surface area contributed by atoms with Crippen LogP contribution in [0.3, 0.4) is 0 Å². The number of piperazine rings is 1. The molecule has 2 aliphatic rings. The van der Waals surface area contributed by atoms with Crippen LogP contribution >= 0.6 is 0 Å². The minimum Gasteiger partial charge on any atom is -0.313 e. The van der Waals surface area contributed by atoms with Crippen molar-refractivity contribution in [1.29, 1.82) is 0 Å². The van der Waals surface area contributed by atoms with Crippen molar-refractivity contribution in [2.75, 3.05) is 39.3 Å². The molecule has 0 aromatic rings. The van der Waals surface area contributed by atoms with Crippen LogP contribution in [0.2, 0.25) is 0 Å². The van der Waals surface area contributed by atoms with Gasteiger partial charge in [-0.1, -0.05) is 13.3 Å². The van der Waals surface area contributed by atoms with Gasteiger partial charge < -0.3 is 5.32 Å². The zero-order valence-electron chi connectivity index (χ0n) is 9.34. The zero-order valence-corrected chi connectivity index (χ0v) is 9.34. The molecule has 0 bridgehead atoms. The Bertz CT molecular complexity index is 166. The maximum atomic E-state index is 3.51. The molecule has 0 saturated carbocycles. The summed E-state index contributed by atoms with van der Waals surface area (Å²) in [7, 11) is 0. The largest absolute Gasteiger partial charge is 0.313 e. The van der Waals surface area contributed by atoms with Crippen molar-refractivity contribution in [3.63, 3.8) is 0 Å². The standard InChI is InChI=1S/C11H23N3/c1-2-13-9-6-12-10-11(13)14-7-4-3-5-8-14/h11-12H,2-10H2,1H3. The molecule has 2 aliphatic heterocycles. The van der Waals surface area contributed by atoms with Gasteiger partial charge in [-0.15, -0.1) is 0 Å². The van der Waals surface area contributed by atoms with E-state index in [1.54, 1.807) is 0 Å². The van der Waals surface area contributed by atoms with E-state index in [-0.39, 0.29) is 0 Å².